The summed E-state index contributed by atoms with van der Waals surface area (Å²) in [5, 5.41) is 10.8. The fourth-order valence-electron chi connectivity index (χ4n) is 1.58. The van der Waals surface area contributed by atoms with Crippen molar-refractivity contribution in [2.24, 2.45) is 0 Å². The van der Waals surface area contributed by atoms with Gasteiger partial charge in [0.15, 0.2) is 0 Å². The minimum Gasteiger partial charge on any atom is -0.548 e. The summed E-state index contributed by atoms with van der Waals surface area (Å²) in [6.45, 7) is 3.15. The van der Waals surface area contributed by atoms with E-state index in [2.05, 4.69) is 0 Å². The highest BCUT2D eigenvalue weighted by atomic mass is 32.2. The second kappa shape index (κ2) is 5.18. The summed E-state index contributed by atoms with van der Waals surface area (Å²) in [7, 11) is 0. The minimum absolute atomic E-state index is 0.205. The van der Waals surface area contributed by atoms with Crippen LogP contribution in [0.5, 0.6) is 0 Å². The van der Waals surface area contributed by atoms with Crippen LogP contribution >= 0.6 is 24.0 Å². The number of hydrogen-bond donors (Lipinski definition) is 0. The number of nitrogens with zero attached hydrogens (tertiary/aromatic N) is 1. The third-order valence-electron chi connectivity index (χ3n) is 2.59. The molecular formula is C12H10NO4S2-. The smallest absolute Gasteiger partial charge is 0.266 e. The fourth-order valence-corrected chi connectivity index (χ4v) is 2.98. The van der Waals surface area contributed by atoms with Gasteiger partial charge in [-0.1, -0.05) is 24.0 Å². The van der Waals surface area contributed by atoms with Crippen molar-refractivity contribution < 1.29 is 19.1 Å². The van der Waals surface area contributed by atoms with E-state index in [1.807, 2.05) is 0 Å². The van der Waals surface area contributed by atoms with Gasteiger partial charge in [0.1, 0.15) is 15.8 Å². The van der Waals surface area contributed by atoms with Gasteiger partial charge in [-0.05, 0) is 26.0 Å². The SMILES string of the molecule is Cc1ccc(/C=C2/SC(=S)N([C@@H](C)C(=O)[O-])C2=O)o1. The third-order valence-corrected chi connectivity index (χ3v) is 3.92. The number of carbonyl (C=O) groups excluding carboxylic acids is 2. The number of thioether (sulfide) groups is 1. The van der Waals surface area contributed by atoms with Crippen molar-refractivity contribution in [1.29, 1.82) is 0 Å². The van der Waals surface area contributed by atoms with Crippen molar-refractivity contribution in [2.45, 2.75) is 19.9 Å². The summed E-state index contributed by atoms with van der Waals surface area (Å²) in [5.74, 6) is -0.531. The molecule has 0 unspecified atom stereocenters. The summed E-state index contributed by atoms with van der Waals surface area (Å²) in [6, 6.07) is 2.41. The molecule has 0 aromatic carbocycles. The number of aryl methyl sites for hydroxylation is 1. The monoisotopic (exact) mass is 296 g/mol. The number of amides is 1. The maximum atomic E-state index is 12.1. The number of furan rings is 1. The first-order valence-corrected chi connectivity index (χ1v) is 6.67. The second-order valence-electron chi connectivity index (χ2n) is 4.00. The Kier molecular flexibility index (Phi) is 3.77. The molecule has 0 bridgehead atoms. The molecule has 0 N–H and O–H groups in total. The molecule has 1 amide bonds. The van der Waals surface area contributed by atoms with Gasteiger partial charge >= 0.3 is 0 Å². The zero-order valence-corrected chi connectivity index (χ0v) is 11.8. The molecule has 1 atom stereocenters. The predicted octanol–water partition coefficient (Wildman–Crippen LogP) is 0.928. The summed E-state index contributed by atoms with van der Waals surface area (Å²) < 4.78 is 5.54. The summed E-state index contributed by atoms with van der Waals surface area (Å²) in [4.78, 5) is 24.3. The molecule has 1 aromatic heterocycles. The van der Waals surface area contributed by atoms with E-state index in [1.54, 1.807) is 25.1 Å². The topological polar surface area (TPSA) is 73.6 Å². The van der Waals surface area contributed by atoms with Gasteiger partial charge in [0, 0.05) is 6.08 Å². The van der Waals surface area contributed by atoms with E-state index in [0.29, 0.717) is 10.7 Å². The van der Waals surface area contributed by atoms with Crippen molar-refractivity contribution in [3.8, 4) is 0 Å². The van der Waals surface area contributed by atoms with Crippen molar-refractivity contribution >= 4 is 46.3 Å². The van der Waals surface area contributed by atoms with E-state index >= 15 is 0 Å². The molecule has 1 aliphatic rings. The molecular weight excluding hydrogens is 286 g/mol. The molecule has 0 aliphatic carbocycles. The number of rotatable bonds is 3. The van der Waals surface area contributed by atoms with Crippen LogP contribution in [0.15, 0.2) is 21.5 Å². The highest BCUT2D eigenvalue weighted by Gasteiger charge is 2.35. The Morgan fingerprint density at radius 2 is 2.26 bits per heavy atom. The first-order valence-electron chi connectivity index (χ1n) is 5.44. The average Bonchev–Trinajstić information content (AvgIpc) is 2.84. The van der Waals surface area contributed by atoms with Crippen LogP contribution in [0.25, 0.3) is 6.08 Å². The van der Waals surface area contributed by atoms with Crippen molar-refractivity contribution in [3.63, 3.8) is 0 Å². The van der Waals surface area contributed by atoms with Gasteiger partial charge < -0.3 is 14.3 Å². The minimum atomic E-state index is -1.34. The van der Waals surface area contributed by atoms with E-state index < -0.39 is 17.9 Å². The summed E-state index contributed by atoms with van der Waals surface area (Å²) in [5.41, 5.74) is 0. The van der Waals surface area contributed by atoms with E-state index in [1.165, 1.54) is 6.92 Å². The Balaban J connectivity index is 2.27. The zero-order valence-electron chi connectivity index (χ0n) is 10.2. The molecule has 2 heterocycles. The lowest BCUT2D eigenvalue weighted by Crippen LogP contribution is -2.48. The number of aliphatic carboxylic acids is 1. The molecule has 1 saturated heterocycles. The van der Waals surface area contributed by atoms with Gasteiger partial charge in [-0.25, -0.2) is 0 Å². The normalized spacial score (nSPS) is 19.3. The van der Waals surface area contributed by atoms with Crippen molar-refractivity contribution in [1.82, 2.24) is 4.90 Å². The summed E-state index contributed by atoms with van der Waals surface area (Å²) >= 11 is 6.07. The van der Waals surface area contributed by atoms with Crippen LogP contribution < -0.4 is 5.11 Å². The molecule has 5 nitrogen and oxygen atoms in total. The van der Waals surface area contributed by atoms with Crippen LogP contribution in [0.1, 0.15) is 18.4 Å². The summed E-state index contributed by atoms with van der Waals surface area (Å²) in [6.07, 6.45) is 1.55. The zero-order chi connectivity index (χ0) is 14.2. The van der Waals surface area contributed by atoms with Crippen LogP contribution in [0.2, 0.25) is 0 Å². The Hall–Kier alpha value is -1.60. The first-order chi connectivity index (χ1) is 8.90. The highest BCUT2D eigenvalue weighted by Crippen LogP contribution is 2.33. The molecule has 100 valence electrons. The number of thiocarbonyl (C=S) groups is 1. The molecule has 1 aliphatic heterocycles. The lowest BCUT2D eigenvalue weighted by atomic mass is 10.3. The van der Waals surface area contributed by atoms with Crippen LogP contribution in [0, 0.1) is 6.92 Å². The van der Waals surface area contributed by atoms with Gasteiger partial charge in [-0.2, -0.15) is 0 Å². The Morgan fingerprint density at radius 3 is 2.79 bits per heavy atom. The first kappa shape index (κ1) is 13.8. The van der Waals surface area contributed by atoms with Gasteiger partial charge in [0.05, 0.1) is 16.9 Å². The molecule has 0 saturated carbocycles. The van der Waals surface area contributed by atoms with Crippen LogP contribution in [-0.4, -0.2) is 27.1 Å². The second-order valence-corrected chi connectivity index (χ2v) is 5.67. The maximum Gasteiger partial charge on any atom is 0.266 e. The fraction of sp³-hybridized carbons (Fsp3) is 0.250. The molecule has 19 heavy (non-hydrogen) atoms. The molecule has 1 fully saturated rings. The Morgan fingerprint density at radius 1 is 1.58 bits per heavy atom. The molecule has 7 heteroatoms. The van der Waals surface area contributed by atoms with Gasteiger partial charge in [-0.3, -0.25) is 9.69 Å². The maximum absolute atomic E-state index is 12.1. The van der Waals surface area contributed by atoms with Gasteiger partial charge in [0.2, 0.25) is 0 Å². The quantitative estimate of drug-likeness (QED) is 0.610. The third kappa shape index (κ3) is 2.71. The Labute approximate surface area is 119 Å². The van der Waals surface area contributed by atoms with E-state index in [0.717, 1.165) is 22.4 Å². The average molecular weight is 296 g/mol. The molecule has 2 rings (SSSR count). The predicted molar refractivity (Wildman–Crippen MR) is 72.9 cm³/mol. The number of hydrogen-bond acceptors (Lipinski definition) is 6. The van der Waals surface area contributed by atoms with Gasteiger partial charge in [0.25, 0.3) is 5.91 Å². The number of carboxylic acid groups (broad SMARTS) is 1. The van der Waals surface area contributed by atoms with Crippen LogP contribution in [-0.2, 0) is 9.59 Å². The van der Waals surface area contributed by atoms with E-state index in [4.69, 9.17) is 16.6 Å². The molecule has 0 radical (unpaired) electrons. The van der Waals surface area contributed by atoms with E-state index in [9.17, 15) is 14.7 Å². The largest absolute Gasteiger partial charge is 0.548 e. The lowest BCUT2D eigenvalue weighted by molar-refractivity contribution is -0.309. The number of carbonyl (C=O) groups is 2. The standard InChI is InChI=1S/C12H11NO4S2/c1-6-3-4-8(17-6)5-9-10(14)13(12(18)19-9)7(2)11(15)16/h3-5,7H,1-2H3,(H,15,16)/p-1/b9-5+/t7-/m0/s1. The number of carboxylic acids is 1. The molecule has 0 spiro atoms. The van der Waals surface area contributed by atoms with Crippen LogP contribution in [0.4, 0.5) is 0 Å². The lowest BCUT2D eigenvalue weighted by Gasteiger charge is -2.23. The Bertz CT molecular complexity index is 590. The van der Waals surface area contributed by atoms with Crippen LogP contribution in [0.3, 0.4) is 0 Å². The van der Waals surface area contributed by atoms with E-state index in [-0.39, 0.29) is 4.32 Å². The van der Waals surface area contributed by atoms with Crippen molar-refractivity contribution in [2.75, 3.05) is 0 Å². The van der Waals surface area contributed by atoms with Gasteiger partial charge in [-0.15, -0.1) is 0 Å². The molecule has 1 aromatic rings. The highest BCUT2D eigenvalue weighted by molar-refractivity contribution is 8.26. The van der Waals surface area contributed by atoms with Crippen molar-refractivity contribution in [3.05, 3.63) is 28.6 Å².